The minimum atomic E-state index is -1.21. The first kappa shape index (κ1) is 17.1. The second-order valence-corrected chi connectivity index (χ2v) is 6.53. The highest BCUT2D eigenvalue weighted by molar-refractivity contribution is 6.30. The molecule has 0 saturated carbocycles. The van der Waals surface area contributed by atoms with Crippen molar-refractivity contribution in [3.8, 4) is 28.1 Å². The third-order valence-corrected chi connectivity index (χ3v) is 4.65. The van der Waals surface area contributed by atoms with Crippen LogP contribution in [0.2, 0.25) is 5.02 Å². The van der Waals surface area contributed by atoms with Crippen molar-refractivity contribution in [3.63, 3.8) is 0 Å². The maximum atomic E-state index is 11.9. The lowest BCUT2D eigenvalue weighted by atomic mass is 9.98. The van der Waals surface area contributed by atoms with Crippen LogP contribution in [0.25, 0.3) is 33.3 Å². The monoisotopic (exact) mass is 375 g/mol. The summed E-state index contributed by atoms with van der Waals surface area (Å²) in [6, 6.07) is 21.7. The average molecular weight is 376 g/mol. The molecule has 0 radical (unpaired) electrons. The van der Waals surface area contributed by atoms with Gasteiger partial charge in [0, 0.05) is 16.0 Å². The number of carbonyl (C=O) groups is 1. The van der Waals surface area contributed by atoms with E-state index in [-0.39, 0.29) is 17.0 Å². The van der Waals surface area contributed by atoms with Gasteiger partial charge in [-0.25, -0.2) is 9.78 Å². The van der Waals surface area contributed by atoms with E-state index in [1.165, 1.54) is 0 Å². The van der Waals surface area contributed by atoms with Crippen LogP contribution in [0, 0.1) is 0 Å². The summed E-state index contributed by atoms with van der Waals surface area (Å²) in [5.41, 5.74) is 2.94. The number of aromatic nitrogens is 1. The van der Waals surface area contributed by atoms with Crippen molar-refractivity contribution in [1.29, 1.82) is 0 Å². The van der Waals surface area contributed by atoms with Gasteiger partial charge in [0.2, 0.25) is 0 Å². The standard InChI is InChI=1S/C22H14ClNO3/c23-16-9-6-14(7-10-16)20-21(25)19(22(26)27)17-12-15(8-11-18(17)24-20)13-4-2-1-3-5-13/h1-12,25H,(H,26,27). The van der Waals surface area contributed by atoms with Gasteiger partial charge in [-0.2, -0.15) is 0 Å². The van der Waals surface area contributed by atoms with Gasteiger partial charge >= 0.3 is 5.97 Å². The van der Waals surface area contributed by atoms with Crippen LogP contribution >= 0.6 is 11.6 Å². The van der Waals surface area contributed by atoms with Gasteiger partial charge in [0.15, 0.2) is 5.75 Å². The molecule has 0 atom stereocenters. The molecule has 4 rings (SSSR count). The Kier molecular flexibility index (Phi) is 4.26. The molecule has 0 aliphatic rings. The maximum Gasteiger partial charge on any atom is 0.340 e. The number of aromatic carboxylic acids is 1. The fourth-order valence-electron chi connectivity index (χ4n) is 3.09. The second kappa shape index (κ2) is 6.74. The van der Waals surface area contributed by atoms with Gasteiger partial charge in [-0.15, -0.1) is 0 Å². The Hall–Kier alpha value is -3.37. The molecular weight excluding hydrogens is 362 g/mol. The van der Waals surface area contributed by atoms with Gasteiger partial charge in [-0.3, -0.25) is 0 Å². The molecule has 1 aromatic heterocycles. The van der Waals surface area contributed by atoms with Crippen molar-refractivity contribution in [2.45, 2.75) is 0 Å². The Bertz CT molecular complexity index is 1160. The van der Waals surface area contributed by atoms with E-state index in [1.54, 1.807) is 36.4 Å². The predicted octanol–water partition coefficient (Wildman–Crippen LogP) is 5.63. The molecule has 4 nitrogen and oxygen atoms in total. The molecule has 4 aromatic rings. The number of aromatic hydroxyl groups is 1. The van der Waals surface area contributed by atoms with E-state index < -0.39 is 5.97 Å². The van der Waals surface area contributed by atoms with Crippen molar-refractivity contribution in [1.82, 2.24) is 4.98 Å². The highest BCUT2D eigenvalue weighted by atomic mass is 35.5. The molecule has 0 spiro atoms. The van der Waals surface area contributed by atoms with Crippen molar-refractivity contribution in [3.05, 3.63) is 83.4 Å². The Balaban J connectivity index is 1.98. The van der Waals surface area contributed by atoms with Gasteiger partial charge in [0.25, 0.3) is 0 Å². The molecule has 0 fully saturated rings. The molecule has 0 unspecified atom stereocenters. The Morgan fingerprint density at radius 1 is 0.852 bits per heavy atom. The lowest BCUT2D eigenvalue weighted by Gasteiger charge is -2.12. The molecular formula is C22H14ClNO3. The third-order valence-electron chi connectivity index (χ3n) is 4.40. The predicted molar refractivity (Wildman–Crippen MR) is 106 cm³/mol. The molecule has 27 heavy (non-hydrogen) atoms. The van der Waals surface area contributed by atoms with Crippen LogP contribution in [0.3, 0.4) is 0 Å². The van der Waals surface area contributed by atoms with Crippen LogP contribution in [0.1, 0.15) is 10.4 Å². The number of hydrogen-bond donors (Lipinski definition) is 2. The molecule has 3 aromatic carbocycles. The summed E-state index contributed by atoms with van der Waals surface area (Å²) in [5.74, 6) is -1.57. The normalized spacial score (nSPS) is 10.9. The van der Waals surface area contributed by atoms with Crippen LogP contribution in [-0.4, -0.2) is 21.2 Å². The lowest BCUT2D eigenvalue weighted by Crippen LogP contribution is -2.02. The molecule has 0 aliphatic heterocycles. The van der Waals surface area contributed by atoms with Crippen LogP contribution in [0.15, 0.2) is 72.8 Å². The minimum absolute atomic E-state index is 0.164. The van der Waals surface area contributed by atoms with Crippen molar-refractivity contribution in [2.24, 2.45) is 0 Å². The molecule has 0 saturated heterocycles. The van der Waals surface area contributed by atoms with E-state index in [4.69, 9.17) is 11.6 Å². The largest absolute Gasteiger partial charge is 0.505 e. The first-order valence-corrected chi connectivity index (χ1v) is 8.64. The smallest absolute Gasteiger partial charge is 0.340 e. The molecule has 132 valence electrons. The number of halogens is 1. The van der Waals surface area contributed by atoms with E-state index in [0.717, 1.165) is 11.1 Å². The fraction of sp³-hybridized carbons (Fsp3) is 0. The Morgan fingerprint density at radius 3 is 2.19 bits per heavy atom. The number of fused-ring (bicyclic) bond motifs is 1. The lowest BCUT2D eigenvalue weighted by molar-refractivity contribution is 0.0696. The topological polar surface area (TPSA) is 70.4 Å². The highest BCUT2D eigenvalue weighted by Crippen LogP contribution is 2.37. The molecule has 0 bridgehead atoms. The van der Waals surface area contributed by atoms with Gasteiger partial charge in [-0.1, -0.05) is 60.1 Å². The summed E-state index contributed by atoms with van der Waals surface area (Å²) in [7, 11) is 0. The SMILES string of the molecule is O=C(O)c1c(O)c(-c2ccc(Cl)cc2)nc2ccc(-c3ccccc3)cc12. The number of pyridine rings is 1. The molecule has 0 amide bonds. The minimum Gasteiger partial charge on any atom is -0.505 e. The molecule has 2 N–H and O–H groups in total. The first-order valence-electron chi connectivity index (χ1n) is 8.26. The number of carboxylic acid groups (broad SMARTS) is 1. The summed E-state index contributed by atoms with van der Waals surface area (Å²) < 4.78 is 0. The Labute approximate surface area is 160 Å². The van der Waals surface area contributed by atoms with Gasteiger partial charge in [-0.05, 0) is 35.4 Å². The fourth-order valence-corrected chi connectivity index (χ4v) is 3.21. The zero-order chi connectivity index (χ0) is 19.0. The summed E-state index contributed by atoms with van der Waals surface area (Å²) in [5, 5.41) is 21.3. The van der Waals surface area contributed by atoms with E-state index in [0.29, 0.717) is 21.5 Å². The van der Waals surface area contributed by atoms with Gasteiger partial charge in [0.05, 0.1) is 5.52 Å². The van der Waals surface area contributed by atoms with Gasteiger partial charge < -0.3 is 10.2 Å². The van der Waals surface area contributed by atoms with E-state index in [1.807, 2.05) is 36.4 Å². The summed E-state index contributed by atoms with van der Waals surface area (Å²) in [6.07, 6.45) is 0. The Morgan fingerprint density at radius 2 is 1.52 bits per heavy atom. The van der Waals surface area contributed by atoms with E-state index in [9.17, 15) is 15.0 Å². The molecule has 0 aliphatic carbocycles. The van der Waals surface area contributed by atoms with Crippen molar-refractivity contribution in [2.75, 3.05) is 0 Å². The highest BCUT2D eigenvalue weighted by Gasteiger charge is 2.21. The number of hydrogen-bond acceptors (Lipinski definition) is 3. The van der Waals surface area contributed by atoms with E-state index in [2.05, 4.69) is 4.98 Å². The van der Waals surface area contributed by atoms with E-state index >= 15 is 0 Å². The second-order valence-electron chi connectivity index (χ2n) is 6.09. The number of nitrogens with zero attached hydrogens (tertiary/aromatic N) is 1. The zero-order valence-electron chi connectivity index (χ0n) is 14.1. The van der Waals surface area contributed by atoms with Gasteiger partial charge in [0.1, 0.15) is 11.3 Å². The number of rotatable bonds is 3. The average Bonchev–Trinajstić information content (AvgIpc) is 2.68. The van der Waals surface area contributed by atoms with Crippen LogP contribution < -0.4 is 0 Å². The number of carboxylic acids is 1. The van der Waals surface area contributed by atoms with Crippen molar-refractivity contribution < 1.29 is 15.0 Å². The molecule has 5 heteroatoms. The zero-order valence-corrected chi connectivity index (χ0v) is 14.8. The number of benzene rings is 3. The maximum absolute atomic E-state index is 11.9. The van der Waals surface area contributed by atoms with Crippen LogP contribution in [0.5, 0.6) is 5.75 Å². The first-order chi connectivity index (χ1) is 13.0. The quantitative estimate of drug-likeness (QED) is 0.487. The van der Waals surface area contributed by atoms with Crippen LogP contribution in [-0.2, 0) is 0 Å². The summed E-state index contributed by atoms with van der Waals surface area (Å²) >= 11 is 5.91. The molecule has 1 heterocycles. The van der Waals surface area contributed by atoms with Crippen molar-refractivity contribution >= 4 is 28.5 Å². The summed E-state index contributed by atoms with van der Waals surface area (Å²) in [6.45, 7) is 0. The summed E-state index contributed by atoms with van der Waals surface area (Å²) in [4.78, 5) is 16.4. The van der Waals surface area contributed by atoms with Crippen LogP contribution in [0.4, 0.5) is 0 Å². The third kappa shape index (κ3) is 3.11.